The molecule has 2 atom stereocenters. The minimum absolute atomic E-state index is 0.266. The Hall–Kier alpha value is -2.61. The number of benzene rings is 1. The van der Waals surface area contributed by atoms with Crippen molar-refractivity contribution in [2.45, 2.75) is 111 Å². The Labute approximate surface area is 223 Å². The van der Waals surface area contributed by atoms with E-state index in [0.717, 1.165) is 55.2 Å². The number of rotatable bonds is 15. The zero-order valence-corrected chi connectivity index (χ0v) is 24.0. The van der Waals surface area contributed by atoms with Crippen molar-refractivity contribution in [2.24, 2.45) is 0 Å². The number of nitrogens with zero attached hydrogens (tertiary/aromatic N) is 1. The van der Waals surface area contributed by atoms with Gasteiger partial charge in [-0.25, -0.2) is 4.79 Å². The van der Waals surface area contributed by atoms with Gasteiger partial charge in [0.1, 0.15) is 17.7 Å². The van der Waals surface area contributed by atoms with Gasteiger partial charge >= 0.3 is 6.09 Å². The Kier molecular flexibility index (Phi) is 14.3. The van der Waals surface area contributed by atoms with E-state index in [2.05, 4.69) is 24.5 Å². The predicted octanol–water partition coefficient (Wildman–Crippen LogP) is 4.95. The van der Waals surface area contributed by atoms with Crippen LogP contribution in [0.3, 0.4) is 0 Å². The summed E-state index contributed by atoms with van der Waals surface area (Å²) in [4.78, 5) is 41.4. The van der Waals surface area contributed by atoms with E-state index in [9.17, 15) is 19.5 Å². The first-order chi connectivity index (χ1) is 17.5. The molecule has 210 valence electrons. The number of amides is 3. The van der Waals surface area contributed by atoms with Gasteiger partial charge in [0.25, 0.3) is 0 Å². The van der Waals surface area contributed by atoms with Crippen molar-refractivity contribution in [3.8, 4) is 0 Å². The summed E-state index contributed by atoms with van der Waals surface area (Å²) in [5.74, 6) is -0.779. The first-order valence-electron chi connectivity index (χ1n) is 13.7. The van der Waals surface area contributed by atoms with Crippen LogP contribution in [0.5, 0.6) is 0 Å². The van der Waals surface area contributed by atoms with Crippen LogP contribution in [-0.2, 0) is 14.3 Å². The Bertz CT molecular complexity index is 866. The van der Waals surface area contributed by atoms with Crippen molar-refractivity contribution in [3.63, 3.8) is 0 Å². The summed E-state index contributed by atoms with van der Waals surface area (Å²) in [5, 5.41) is 15.6. The summed E-state index contributed by atoms with van der Waals surface area (Å²) in [6.07, 6.45) is 5.83. The minimum Gasteiger partial charge on any atom is -0.444 e. The number of ether oxygens (including phenoxy) is 1. The first kappa shape index (κ1) is 32.4. The van der Waals surface area contributed by atoms with E-state index in [0.29, 0.717) is 19.5 Å². The number of hydrogen-bond donors (Lipinski definition) is 3. The molecule has 0 fully saturated rings. The van der Waals surface area contributed by atoms with Gasteiger partial charge < -0.3 is 25.4 Å². The Morgan fingerprint density at radius 1 is 1.00 bits per heavy atom. The van der Waals surface area contributed by atoms with Crippen molar-refractivity contribution in [3.05, 3.63) is 34.9 Å². The van der Waals surface area contributed by atoms with Gasteiger partial charge in [0.2, 0.25) is 11.8 Å². The van der Waals surface area contributed by atoms with Crippen LogP contribution in [0.15, 0.2) is 18.2 Å². The third-order valence-electron chi connectivity index (χ3n) is 6.29. The molecule has 3 amide bonds. The van der Waals surface area contributed by atoms with Crippen molar-refractivity contribution < 1.29 is 24.2 Å². The summed E-state index contributed by atoms with van der Waals surface area (Å²) >= 11 is 0. The van der Waals surface area contributed by atoms with Gasteiger partial charge in [-0.15, -0.1) is 0 Å². The number of carbonyl (C=O) groups excluding carboxylic acids is 3. The highest BCUT2D eigenvalue weighted by Gasteiger charge is 2.36. The van der Waals surface area contributed by atoms with Crippen molar-refractivity contribution >= 4 is 17.9 Å². The summed E-state index contributed by atoms with van der Waals surface area (Å²) in [7, 11) is 0. The highest BCUT2D eigenvalue weighted by molar-refractivity contribution is 5.92. The van der Waals surface area contributed by atoms with Gasteiger partial charge in [0.05, 0.1) is 6.61 Å². The molecular weight excluding hydrogens is 470 g/mol. The van der Waals surface area contributed by atoms with E-state index in [4.69, 9.17) is 4.74 Å². The molecule has 8 nitrogen and oxygen atoms in total. The van der Waals surface area contributed by atoms with Crippen LogP contribution in [0.4, 0.5) is 4.79 Å². The number of hydrogen-bond acceptors (Lipinski definition) is 5. The van der Waals surface area contributed by atoms with Crippen LogP contribution in [0.1, 0.15) is 102 Å². The molecule has 2 unspecified atom stereocenters. The van der Waals surface area contributed by atoms with Crippen LogP contribution in [0.2, 0.25) is 0 Å². The molecule has 0 aliphatic heterocycles. The number of alkyl carbamates (subject to hydrolysis) is 1. The maximum atomic E-state index is 13.9. The van der Waals surface area contributed by atoms with Gasteiger partial charge in [-0.05, 0) is 64.2 Å². The van der Waals surface area contributed by atoms with E-state index in [1.54, 1.807) is 20.8 Å². The number of carbonyl (C=O) groups is 3. The molecular formula is C29H49N3O5. The lowest BCUT2D eigenvalue weighted by Crippen LogP contribution is -2.54. The molecule has 0 saturated carbocycles. The largest absolute Gasteiger partial charge is 0.444 e. The van der Waals surface area contributed by atoms with Crippen LogP contribution >= 0.6 is 0 Å². The molecule has 0 radical (unpaired) electrons. The maximum absolute atomic E-state index is 13.9. The number of nitrogens with one attached hydrogen (secondary N) is 2. The Morgan fingerprint density at radius 3 is 2.24 bits per heavy atom. The number of aliphatic hydroxyl groups excluding tert-OH is 1. The normalized spacial score (nSPS) is 13.0. The molecule has 0 bridgehead atoms. The van der Waals surface area contributed by atoms with Gasteiger partial charge in [-0.1, -0.05) is 64.2 Å². The molecule has 0 aromatic heterocycles. The molecule has 0 heterocycles. The molecule has 1 aromatic rings. The minimum atomic E-state index is -1.23. The standard InChI is InChI=1S/C29H49N3O5/c1-8-10-12-13-14-19-32(27(35)24(20-33)31-28(36)37-29(5,6)7)25(26(34)30-18-11-9-2)23-17-15-16-21(3)22(23)4/h15-17,24-25,33H,8-14,18-20H2,1-7H3,(H,30,34)(H,31,36). The molecule has 0 spiro atoms. The topological polar surface area (TPSA) is 108 Å². The lowest BCUT2D eigenvalue weighted by atomic mass is 9.94. The third-order valence-corrected chi connectivity index (χ3v) is 6.29. The summed E-state index contributed by atoms with van der Waals surface area (Å²) in [6, 6.07) is 3.61. The van der Waals surface area contributed by atoms with Crippen molar-refractivity contribution in [1.29, 1.82) is 0 Å². The molecule has 1 aromatic carbocycles. The monoisotopic (exact) mass is 519 g/mol. The van der Waals surface area contributed by atoms with Crippen molar-refractivity contribution in [1.82, 2.24) is 15.5 Å². The van der Waals surface area contributed by atoms with Crippen LogP contribution < -0.4 is 10.6 Å². The van der Waals surface area contributed by atoms with Crippen LogP contribution in [0.25, 0.3) is 0 Å². The second-order valence-corrected chi connectivity index (χ2v) is 10.7. The highest BCUT2D eigenvalue weighted by atomic mass is 16.6. The molecule has 8 heteroatoms. The van der Waals surface area contributed by atoms with Crippen LogP contribution in [-0.4, -0.2) is 59.3 Å². The third kappa shape index (κ3) is 11.1. The molecule has 0 aliphatic rings. The average Bonchev–Trinajstić information content (AvgIpc) is 2.82. The van der Waals surface area contributed by atoms with E-state index >= 15 is 0 Å². The molecule has 0 saturated heterocycles. The second kappa shape index (κ2) is 16.3. The highest BCUT2D eigenvalue weighted by Crippen LogP contribution is 2.28. The first-order valence-corrected chi connectivity index (χ1v) is 13.7. The molecule has 3 N–H and O–H groups in total. The van der Waals surface area contributed by atoms with E-state index in [1.807, 2.05) is 32.0 Å². The van der Waals surface area contributed by atoms with Gasteiger partial charge in [0, 0.05) is 13.1 Å². The number of aryl methyl sites for hydroxylation is 1. The lowest BCUT2D eigenvalue weighted by Gasteiger charge is -2.35. The zero-order valence-electron chi connectivity index (χ0n) is 24.0. The van der Waals surface area contributed by atoms with E-state index < -0.39 is 36.3 Å². The molecule has 0 aliphatic carbocycles. The summed E-state index contributed by atoms with van der Waals surface area (Å²) in [5.41, 5.74) is 1.93. The second-order valence-electron chi connectivity index (χ2n) is 10.7. The van der Waals surface area contributed by atoms with Gasteiger partial charge in [0.15, 0.2) is 0 Å². The van der Waals surface area contributed by atoms with Gasteiger partial charge in [-0.3, -0.25) is 9.59 Å². The number of unbranched alkanes of at least 4 members (excludes halogenated alkanes) is 5. The summed E-state index contributed by atoms with van der Waals surface area (Å²) < 4.78 is 5.31. The number of aliphatic hydroxyl groups is 1. The summed E-state index contributed by atoms with van der Waals surface area (Å²) in [6.45, 7) is 13.5. The molecule has 37 heavy (non-hydrogen) atoms. The van der Waals surface area contributed by atoms with Crippen molar-refractivity contribution in [2.75, 3.05) is 19.7 Å². The van der Waals surface area contributed by atoms with Crippen LogP contribution in [0, 0.1) is 13.8 Å². The quantitative estimate of drug-likeness (QED) is 0.284. The SMILES string of the molecule is CCCCCCCN(C(=O)C(CO)NC(=O)OC(C)(C)C)C(C(=O)NCCCC)c1cccc(C)c1C. The Balaban J connectivity index is 3.40. The smallest absolute Gasteiger partial charge is 0.408 e. The average molecular weight is 520 g/mol. The Morgan fingerprint density at radius 2 is 1.65 bits per heavy atom. The fourth-order valence-electron chi connectivity index (χ4n) is 4.09. The lowest BCUT2D eigenvalue weighted by molar-refractivity contribution is -0.143. The predicted molar refractivity (Wildman–Crippen MR) is 147 cm³/mol. The maximum Gasteiger partial charge on any atom is 0.408 e. The molecule has 1 rings (SSSR count). The van der Waals surface area contributed by atoms with E-state index in [-0.39, 0.29) is 5.91 Å². The fraction of sp³-hybridized carbons (Fsp3) is 0.690. The van der Waals surface area contributed by atoms with E-state index in [1.165, 1.54) is 4.90 Å². The van der Waals surface area contributed by atoms with Gasteiger partial charge in [-0.2, -0.15) is 0 Å². The fourth-order valence-corrected chi connectivity index (χ4v) is 4.09. The zero-order chi connectivity index (χ0) is 28.0.